The molecule has 4 heterocycles. The van der Waals surface area contributed by atoms with Crippen molar-refractivity contribution in [1.82, 2.24) is 14.1 Å². The average Bonchev–Trinajstić information content (AvgIpc) is 4.03. The van der Waals surface area contributed by atoms with Gasteiger partial charge in [-0.25, -0.2) is 4.98 Å². The molecule has 0 N–H and O–H groups in total. The van der Waals surface area contributed by atoms with Crippen LogP contribution in [0.5, 0.6) is 0 Å². The van der Waals surface area contributed by atoms with Gasteiger partial charge >= 0.3 is 0 Å². The van der Waals surface area contributed by atoms with Crippen LogP contribution in [0, 0.1) is 0 Å². The van der Waals surface area contributed by atoms with E-state index in [-0.39, 0.29) is 0 Å². The summed E-state index contributed by atoms with van der Waals surface area (Å²) in [7, 11) is -3.00. The van der Waals surface area contributed by atoms with Gasteiger partial charge in [0.15, 0.2) is 8.07 Å². The van der Waals surface area contributed by atoms with Crippen molar-refractivity contribution in [3.05, 3.63) is 237 Å². The number of rotatable bonds is 7. The van der Waals surface area contributed by atoms with Crippen molar-refractivity contribution in [3.63, 3.8) is 0 Å². The molecule has 0 atom stereocenters. The lowest BCUT2D eigenvalue weighted by Crippen LogP contribution is -2.74. The Labute approximate surface area is 370 Å². The summed E-state index contributed by atoms with van der Waals surface area (Å²) >= 11 is 0. The zero-order valence-electron chi connectivity index (χ0n) is 34.8. The third-order valence-electron chi connectivity index (χ3n) is 13.3. The zero-order chi connectivity index (χ0) is 42.2. The Bertz CT molecular complexity index is 3620. The summed E-state index contributed by atoms with van der Waals surface area (Å²) in [5.74, 6) is 1.73. The molecular formula is C59H39N3OSi. The Morgan fingerprint density at radius 3 is 1.23 bits per heavy atom. The number of aromatic nitrogens is 3. The third kappa shape index (κ3) is 5.38. The van der Waals surface area contributed by atoms with E-state index in [0.717, 1.165) is 66.8 Å². The largest absolute Gasteiger partial charge is 0.456 e. The van der Waals surface area contributed by atoms with Gasteiger partial charge in [0, 0.05) is 32.3 Å². The van der Waals surface area contributed by atoms with E-state index in [0.29, 0.717) is 0 Å². The van der Waals surface area contributed by atoms with Crippen LogP contribution in [0.4, 0.5) is 0 Å². The number of para-hydroxylation sites is 6. The molecule has 64 heavy (non-hydrogen) atoms. The maximum atomic E-state index is 6.89. The first-order valence-corrected chi connectivity index (χ1v) is 23.9. The van der Waals surface area contributed by atoms with Gasteiger partial charge in [0.1, 0.15) is 22.8 Å². The Morgan fingerprint density at radius 2 is 0.734 bits per heavy atom. The standard InChI is InChI=1S/C59H39N3OSi/c1-3-18-42(19-4-1)64(43-20-5-2-6-21-43,56-33-17-27-50-49-26-11-16-32-55(49)63-59(50)56)44-36-34-40(35-37-44)41-38-57(61-51-28-12-7-22-45(51)46-23-8-13-29-52(46)61)60-58(39-41)62-53-30-14-9-24-47(53)48-25-10-15-31-54(48)62/h1-39H. The summed E-state index contributed by atoms with van der Waals surface area (Å²) in [6.45, 7) is 0. The van der Waals surface area contributed by atoms with Gasteiger partial charge < -0.3 is 4.42 Å². The van der Waals surface area contributed by atoms with E-state index in [9.17, 15) is 0 Å². The number of pyridine rings is 1. The van der Waals surface area contributed by atoms with E-state index < -0.39 is 8.07 Å². The highest BCUT2D eigenvalue weighted by atomic mass is 28.3. The normalized spacial score (nSPS) is 12.1. The maximum Gasteiger partial charge on any atom is 0.184 e. The molecule has 0 unspecified atom stereocenters. The molecular weight excluding hydrogens is 795 g/mol. The number of nitrogens with zero attached hydrogens (tertiary/aromatic N) is 3. The van der Waals surface area contributed by atoms with Crippen molar-refractivity contribution in [2.45, 2.75) is 0 Å². The molecule has 0 bridgehead atoms. The number of hydrogen-bond donors (Lipinski definition) is 0. The smallest absolute Gasteiger partial charge is 0.184 e. The second kappa shape index (κ2) is 14.4. The van der Waals surface area contributed by atoms with Crippen molar-refractivity contribution in [2.24, 2.45) is 0 Å². The molecule has 0 amide bonds. The second-order valence-electron chi connectivity index (χ2n) is 16.7. The fourth-order valence-corrected chi connectivity index (χ4v) is 15.4. The number of benzene rings is 9. The topological polar surface area (TPSA) is 35.9 Å². The van der Waals surface area contributed by atoms with E-state index in [1.807, 2.05) is 0 Å². The van der Waals surface area contributed by atoms with Gasteiger partial charge in [-0.3, -0.25) is 9.13 Å². The molecule has 0 saturated heterocycles. The number of hydrogen-bond acceptors (Lipinski definition) is 2. The lowest BCUT2D eigenvalue weighted by Gasteiger charge is -2.34. The molecule has 0 saturated carbocycles. The SMILES string of the molecule is c1ccc([Si](c2ccccc2)(c2ccc(-c3cc(-n4c5ccccc5c5ccccc54)nc(-n4c5ccccc5c5ccccc54)c3)cc2)c2cccc3c2oc2ccccc23)cc1. The fourth-order valence-electron chi connectivity index (χ4n) is 10.5. The maximum absolute atomic E-state index is 6.89. The fraction of sp³-hybridized carbons (Fsp3) is 0. The van der Waals surface area contributed by atoms with Crippen molar-refractivity contribution in [2.75, 3.05) is 0 Å². The molecule has 300 valence electrons. The highest BCUT2D eigenvalue weighted by molar-refractivity contribution is 7.20. The quantitative estimate of drug-likeness (QED) is 0.118. The number of fused-ring (bicyclic) bond motifs is 9. The van der Waals surface area contributed by atoms with Gasteiger partial charge in [-0.2, -0.15) is 0 Å². The molecule has 4 aromatic heterocycles. The van der Waals surface area contributed by atoms with Crippen LogP contribution in [0.3, 0.4) is 0 Å². The molecule has 13 aromatic rings. The second-order valence-corrected chi connectivity index (χ2v) is 20.4. The summed E-state index contributed by atoms with van der Waals surface area (Å²) in [6, 6.07) is 85.9. The van der Waals surface area contributed by atoms with Gasteiger partial charge in [-0.05, 0) is 74.3 Å². The first-order chi connectivity index (χ1) is 31.8. The summed E-state index contributed by atoms with van der Waals surface area (Å²) in [5, 5.41) is 12.2. The highest BCUT2D eigenvalue weighted by Crippen LogP contribution is 2.37. The van der Waals surface area contributed by atoms with Crippen LogP contribution in [0.1, 0.15) is 0 Å². The van der Waals surface area contributed by atoms with E-state index >= 15 is 0 Å². The van der Waals surface area contributed by atoms with Crippen LogP contribution in [0.2, 0.25) is 0 Å². The minimum Gasteiger partial charge on any atom is -0.456 e. The Balaban J connectivity index is 1.07. The van der Waals surface area contributed by atoms with Crippen LogP contribution in [0.15, 0.2) is 241 Å². The first-order valence-electron chi connectivity index (χ1n) is 21.9. The lowest BCUT2D eigenvalue weighted by atomic mass is 10.1. The number of furan rings is 1. The summed E-state index contributed by atoms with van der Waals surface area (Å²) < 4.78 is 11.5. The van der Waals surface area contributed by atoms with Gasteiger partial charge in [0.25, 0.3) is 0 Å². The van der Waals surface area contributed by atoms with Crippen molar-refractivity contribution < 1.29 is 4.42 Å². The molecule has 0 aliphatic rings. The van der Waals surface area contributed by atoms with Gasteiger partial charge in [-0.15, -0.1) is 0 Å². The van der Waals surface area contributed by atoms with Gasteiger partial charge in [0.05, 0.1) is 22.1 Å². The molecule has 0 aliphatic heterocycles. The Hall–Kier alpha value is -8.25. The molecule has 13 rings (SSSR count). The van der Waals surface area contributed by atoms with Crippen LogP contribution in [-0.4, -0.2) is 22.2 Å². The minimum atomic E-state index is -3.00. The molecule has 5 heteroatoms. The Morgan fingerprint density at radius 1 is 0.328 bits per heavy atom. The van der Waals surface area contributed by atoms with Gasteiger partial charge in [0.2, 0.25) is 0 Å². The minimum absolute atomic E-state index is 0.865. The van der Waals surface area contributed by atoms with E-state index in [4.69, 9.17) is 9.40 Å². The van der Waals surface area contributed by atoms with Gasteiger partial charge in [-0.1, -0.05) is 194 Å². The van der Waals surface area contributed by atoms with Crippen LogP contribution in [-0.2, 0) is 0 Å². The monoisotopic (exact) mass is 833 g/mol. The van der Waals surface area contributed by atoms with E-state index in [1.165, 1.54) is 42.3 Å². The molecule has 0 radical (unpaired) electrons. The summed E-state index contributed by atoms with van der Waals surface area (Å²) in [4.78, 5) is 5.59. The van der Waals surface area contributed by atoms with Crippen LogP contribution >= 0.6 is 0 Å². The van der Waals surface area contributed by atoms with Crippen LogP contribution in [0.25, 0.3) is 88.3 Å². The molecule has 0 spiro atoms. The third-order valence-corrected chi connectivity index (χ3v) is 18.1. The lowest BCUT2D eigenvalue weighted by molar-refractivity contribution is 0.671. The highest BCUT2D eigenvalue weighted by Gasteiger charge is 2.43. The summed E-state index contributed by atoms with van der Waals surface area (Å²) in [5.41, 5.74) is 8.54. The molecule has 0 fully saturated rings. The molecule has 0 aliphatic carbocycles. The van der Waals surface area contributed by atoms with E-state index in [2.05, 4.69) is 246 Å². The Kier molecular flexibility index (Phi) is 8.20. The van der Waals surface area contributed by atoms with Crippen molar-refractivity contribution >= 4 is 94.4 Å². The average molecular weight is 834 g/mol. The summed E-state index contributed by atoms with van der Waals surface area (Å²) in [6.07, 6.45) is 0. The zero-order valence-corrected chi connectivity index (χ0v) is 35.8. The predicted molar refractivity (Wildman–Crippen MR) is 269 cm³/mol. The van der Waals surface area contributed by atoms with Crippen molar-refractivity contribution in [1.29, 1.82) is 0 Å². The molecule has 9 aromatic carbocycles. The van der Waals surface area contributed by atoms with E-state index in [1.54, 1.807) is 0 Å². The first kappa shape index (κ1) is 36.4. The van der Waals surface area contributed by atoms with Crippen molar-refractivity contribution in [3.8, 4) is 22.8 Å². The predicted octanol–water partition coefficient (Wildman–Crippen LogP) is 12.2. The molecule has 4 nitrogen and oxygen atoms in total. The van der Waals surface area contributed by atoms with Crippen LogP contribution < -0.4 is 20.7 Å².